The number of benzene rings is 3. The molecule has 0 saturated heterocycles. The number of H-pyrrole nitrogens is 2. The second kappa shape index (κ2) is 8.22. The Labute approximate surface area is 195 Å². The van der Waals surface area contributed by atoms with E-state index in [0.717, 1.165) is 50.8 Å². The maximum Gasteiger partial charge on any atom is 0.256 e. The van der Waals surface area contributed by atoms with Crippen LogP contribution in [-0.4, -0.2) is 26.3 Å². The smallest absolute Gasteiger partial charge is 0.256 e. The van der Waals surface area contributed by atoms with Crippen LogP contribution in [0.15, 0.2) is 91.1 Å². The van der Waals surface area contributed by atoms with Crippen molar-refractivity contribution >= 4 is 34.6 Å². The van der Waals surface area contributed by atoms with Crippen molar-refractivity contribution in [2.75, 3.05) is 10.6 Å². The Bertz CT molecular complexity index is 1520. The molecule has 0 saturated carbocycles. The van der Waals surface area contributed by atoms with Crippen LogP contribution in [0.2, 0.25) is 0 Å². The first kappa shape index (κ1) is 19.8. The number of amides is 1. The van der Waals surface area contributed by atoms with Crippen molar-refractivity contribution in [2.45, 2.75) is 0 Å². The van der Waals surface area contributed by atoms with Gasteiger partial charge in [-0.2, -0.15) is 15.4 Å². The Hall–Kier alpha value is -4.91. The number of fused-ring (bicyclic) bond motifs is 1. The monoisotopic (exact) mass is 444 g/mol. The van der Waals surface area contributed by atoms with Gasteiger partial charge in [-0.15, -0.1) is 0 Å². The molecule has 3 heterocycles. The second-order valence-electron chi connectivity index (χ2n) is 7.99. The average molecular weight is 444 g/mol. The molecule has 7 heteroatoms. The molecule has 1 aliphatic rings. The Kier molecular flexibility index (Phi) is 4.77. The van der Waals surface area contributed by atoms with Crippen LogP contribution in [0, 0.1) is 0 Å². The van der Waals surface area contributed by atoms with Crippen LogP contribution in [0.1, 0.15) is 11.3 Å². The second-order valence-corrected chi connectivity index (χ2v) is 7.99. The average Bonchev–Trinajstić information content (AvgIpc) is 3.61. The Morgan fingerprint density at radius 2 is 1.56 bits per heavy atom. The van der Waals surface area contributed by atoms with Crippen LogP contribution < -0.4 is 10.6 Å². The van der Waals surface area contributed by atoms with E-state index in [0.29, 0.717) is 5.57 Å². The van der Waals surface area contributed by atoms with E-state index < -0.39 is 0 Å². The normalized spacial score (nSPS) is 13.6. The molecule has 0 spiro atoms. The van der Waals surface area contributed by atoms with Crippen molar-refractivity contribution in [2.24, 2.45) is 0 Å². The highest BCUT2D eigenvalue weighted by Gasteiger charge is 2.24. The van der Waals surface area contributed by atoms with Crippen molar-refractivity contribution < 1.29 is 4.79 Å². The summed E-state index contributed by atoms with van der Waals surface area (Å²) in [5, 5.41) is 17.9. The minimum Gasteiger partial charge on any atom is -0.362 e. The molecule has 7 nitrogen and oxygen atoms in total. The third-order valence-corrected chi connectivity index (χ3v) is 5.74. The Morgan fingerprint density at radius 1 is 0.765 bits per heavy atom. The minimum absolute atomic E-state index is 0.108. The molecular formula is C27H20N6O. The highest BCUT2D eigenvalue weighted by molar-refractivity contribution is 6.35. The zero-order valence-electron chi connectivity index (χ0n) is 18.0. The van der Waals surface area contributed by atoms with Gasteiger partial charge in [-0.1, -0.05) is 48.5 Å². The summed E-state index contributed by atoms with van der Waals surface area (Å²) < 4.78 is 0. The summed E-state index contributed by atoms with van der Waals surface area (Å²) in [5.74, 6) is -0.108. The molecule has 0 atom stereocenters. The largest absolute Gasteiger partial charge is 0.362 e. The van der Waals surface area contributed by atoms with E-state index in [9.17, 15) is 4.79 Å². The fourth-order valence-electron chi connectivity index (χ4n) is 4.15. The van der Waals surface area contributed by atoms with Crippen molar-refractivity contribution in [3.63, 3.8) is 0 Å². The summed E-state index contributed by atoms with van der Waals surface area (Å²) in [6.45, 7) is 0. The van der Waals surface area contributed by atoms with Gasteiger partial charge in [0.15, 0.2) is 0 Å². The lowest BCUT2D eigenvalue weighted by atomic mass is 10.0. The molecule has 0 unspecified atom stereocenters. The molecule has 164 valence electrons. The van der Waals surface area contributed by atoms with Crippen molar-refractivity contribution in [1.82, 2.24) is 20.4 Å². The third-order valence-electron chi connectivity index (χ3n) is 5.74. The molecule has 0 bridgehead atoms. The maximum atomic E-state index is 12.5. The number of carbonyl (C=O) groups excluding carboxylic acids is 1. The van der Waals surface area contributed by atoms with Gasteiger partial charge in [-0.25, -0.2) is 0 Å². The van der Waals surface area contributed by atoms with Gasteiger partial charge in [0.2, 0.25) is 0 Å². The quantitative estimate of drug-likeness (QED) is 0.261. The molecule has 5 aromatic rings. The lowest BCUT2D eigenvalue weighted by Gasteiger charge is -2.10. The van der Waals surface area contributed by atoms with E-state index in [-0.39, 0.29) is 5.91 Å². The van der Waals surface area contributed by atoms with Crippen LogP contribution in [-0.2, 0) is 4.79 Å². The van der Waals surface area contributed by atoms with Crippen LogP contribution in [0.4, 0.5) is 17.1 Å². The first-order valence-electron chi connectivity index (χ1n) is 10.9. The van der Waals surface area contributed by atoms with E-state index >= 15 is 0 Å². The summed E-state index contributed by atoms with van der Waals surface area (Å²) >= 11 is 0. The lowest BCUT2D eigenvalue weighted by molar-refractivity contribution is -0.110. The SMILES string of the molecule is O=C1Nc2cc(Nc3cccc(-c4n[nH]nc4-c4ccccc4)c3)ccc2/C1=C/c1ccc[nH]1. The fourth-order valence-corrected chi connectivity index (χ4v) is 4.15. The summed E-state index contributed by atoms with van der Waals surface area (Å²) in [5.41, 5.74) is 8.53. The predicted octanol–water partition coefficient (Wildman–Crippen LogP) is 5.70. The summed E-state index contributed by atoms with van der Waals surface area (Å²) in [6, 6.07) is 27.7. The van der Waals surface area contributed by atoms with Crippen LogP contribution in [0.25, 0.3) is 34.2 Å². The number of hydrogen-bond donors (Lipinski definition) is 4. The topological polar surface area (TPSA) is 98.5 Å². The molecule has 0 aliphatic carbocycles. The Balaban J connectivity index is 1.28. The molecule has 0 radical (unpaired) electrons. The molecule has 4 N–H and O–H groups in total. The molecular weight excluding hydrogens is 424 g/mol. The number of aromatic amines is 2. The molecule has 1 aliphatic heterocycles. The van der Waals surface area contributed by atoms with Gasteiger partial charge in [0, 0.05) is 40.0 Å². The number of anilines is 3. The maximum absolute atomic E-state index is 12.5. The molecule has 2 aromatic heterocycles. The summed E-state index contributed by atoms with van der Waals surface area (Å²) in [7, 11) is 0. The molecule has 3 aromatic carbocycles. The first-order chi connectivity index (χ1) is 16.7. The van der Waals surface area contributed by atoms with Gasteiger partial charge in [0.1, 0.15) is 11.4 Å². The van der Waals surface area contributed by atoms with Gasteiger partial charge in [-0.05, 0) is 42.5 Å². The number of hydrogen-bond acceptors (Lipinski definition) is 4. The highest BCUT2D eigenvalue weighted by atomic mass is 16.2. The van der Waals surface area contributed by atoms with Crippen LogP contribution in [0.3, 0.4) is 0 Å². The zero-order chi connectivity index (χ0) is 22.9. The highest BCUT2D eigenvalue weighted by Crippen LogP contribution is 2.36. The molecule has 0 fully saturated rings. The van der Waals surface area contributed by atoms with Crippen LogP contribution in [0.5, 0.6) is 0 Å². The zero-order valence-corrected chi connectivity index (χ0v) is 18.0. The Morgan fingerprint density at radius 3 is 2.38 bits per heavy atom. The standard InChI is InChI=1S/C27H20N6O/c34-27-23(15-19-10-5-13-28-19)22-12-11-21(16-24(22)30-27)29-20-9-4-8-18(14-20)26-25(31-33-32-26)17-6-2-1-3-7-17/h1-16,28-29H,(H,30,34)(H,31,32,33)/b23-15-. The first-order valence-corrected chi connectivity index (χ1v) is 10.9. The number of rotatable bonds is 5. The van der Waals surface area contributed by atoms with Crippen molar-refractivity contribution in [3.05, 3.63) is 102 Å². The van der Waals surface area contributed by atoms with E-state index in [4.69, 9.17) is 0 Å². The lowest BCUT2D eigenvalue weighted by Crippen LogP contribution is -2.03. The van der Waals surface area contributed by atoms with E-state index in [1.165, 1.54) is 0 Å². The van der Waals surface area contributed by atoms with E-state index in [1.54, 1.807) is 0 Å². The van der Waals surface area contributed by atoms with Crippen molar-refractivity contribution in [3.8, 4) is 22.5 Å². The molecule has 34 heavy (non-hydrogen) atoms. The van der Waals surface area contributed by atoms with E-state index in [1.807, 2.05) is 97.2 Å². The van der Waals surface area contributed by atoms with Crippen molar-refractivity contribution in [1.29, 1.82) is 0 Å². The minimum atomic E-state index is -0.108. The van der Waals surface area contributed by atoms with E-state index in [2.05, 4.69) is 31.0 Å². The van der Waals surface area contributed by atoms with Gasteiger partial charge >= 0.3 is 0 Å². The summed E-state index contributed by atoms with van der Waals surface area (Å²) in [6.07, 6.45) is 3.70. The number of carbonyl (C=O) groups is 1. The fraction of sp³-hybridized carbons (Fsp3) is 0. The number of aromatic nitrogens is 4. The van der Waals surface area contributed by atoms with Gasteiger partial charge in [-0.3, -0.25) is 4.79 Å². The number of nitrogens with one attached hydrogen (secondary N) is 4. The third kappa shape index (κ3) is 3.65. The molecule has 6 rings (SSSR count). The van der Waals surface area contributed by atoms with Gasteiger partial charge in [0.05, 0.1) is 11.3 Å². The summed E-state index contributed by atoms with van der Waals surface area (Å²) in [4.78, 5) is 15.6. The van der Waals surface area contributed by atoms with Gasteiger partial charge < -0.3 is 15.6 Å². The predicted molar refractivity (Wildman–Crippen MR) is 134 cm³/mol. The number of nitrogens with zero attached hydrogens (tertiary/aromatic N) is 2. The molecule has 1 amide bonds. The van der Waals surface area contributed by atoms with Gasteiger partial charge in [0.25, 0.3) is 5.91 Å². The van der Waals surface area contributed by atoms with Crippen LogP contribution >= 0.6 is 0 Å².